The van der Waals surface area contributed by atoms with Gasteiger partial charge in [-0.1, -0.05) is 112 Å². The number of amides is 5. The minimum absolute atomic E-state index is 0.0163. The smallest absolute Gasteiger partial charge is 0.251 e. The Morgan fingerprint density at radius 1 is 0.270 bits per heavy atom. The number of benzene rings is 10. The molecular formula is C90H95Cl6F4N5O10. The van der Waals surface area contributed by atoms with Gasteiger partial charge in [-0.2, -0.15) is 0 Å². The van der Waals surface area contributed by atoms with Crippen molar-refractivity contribution < 1.29 is 65.2 Å². The summed E-state index contributed by atoms with van der Waals surface area (Å²) in [6.07, 6.45) is 0. The maximum absolute atomic E-state index is 14.2. The lowest BCUT2D eigenvalue weighted by Gasteiger charge is -2.14. The first-order valence-corrected chi connectivity index (χ1v) is 38.8. The van der Waals surface area contributed by atoms with E-state index < -0.39 is 23.3 Å². The molecule has 0 atom stereocenters. The Balaban J connectivity index is 0.000000224. The van der Waals surface area contributed by atoms with E-state index in [4.69, 9.17) is 93.3 Å². The van der Waals surface area contributed by atoms with E-state index in [1.165, 1.54) is 31.4 Å². The molecule has 10 aromatic rings. The molecule has 5 amide bonds. The van der Waals surface area contributed by atoms with Gasteiger partial charge in [-0.3, -0.25) is 24.0 Å². The van der Waals surface area contributed by atoms with Crippen LogP contribution in [0.15, 0.2) is 182 Å². The highest BCUT2D eigenvalue weighted by Gasteiger charge is 2.21. The number of hydrogen-bond donors (Lipinski definition) is 5. The predicted octanol–water partition coefficient (Wildman–Crippen LogP) is 22.7. The van der Waals surface area contributed by atoms with E-state index in [1.54, 1.807) is 126 Å². The molecule has 0 saturated heterocycles. The highest BCUT2D eigenvalue weighted by atomic mass is 35.5. The van der Waals surface area contributed by atoms with Crippen LogP contribution in [0.3, 0.4) is 0 Å². The fourth-order valence-corrected chi connectivity index (χ4v) is 12.8. The maximum Gasteiger partial charge on any atom is 0.251 e. The second-order valence-corrected chi connectivity index (χ2v) is 30.4. The van der Waals surface area contributed by atoms with Gasteiger partial charge in [0.1, 0.15) is 23.3 Å². The van der Waals surface area contributed by atoms with Crippen molar-refractivity contribution in [2.75, 3.05) is 35.5 Å². The van der Waals surface area contributed by atoms with Crippen LogP contribution in [0.2, 0.25) is 30.1 Å². The highest BCUT2D eigenvalue weighted by Crippen LogP contribution is 2.36. The summed E-state index contributed by atoms with van der Waals surface area (Å²) in [7, 11) is 7.91. The van der Waals surface area contributed by atoms with Crippen LogP contribution in [0.25, 0.3) is 55.6 Å². The second-order valence-electron chi connectivity index (χ2n) is 27.8. The van der Waals surface area contributed by atoms with Gasteiger partial charge in [0.25, 0.3) is 29.5 Å². The topological polar surface area (TPSA) is 192 Å². The van der Waals surface area contributed by atoms with Crippen LogP contribution in [-0.2, 0) is 56.7 Å². The number of nitrogens with one attached hydrogen (secondary N) is 5. The van der Waals surface area contributed by atoms with Crippen molar-refractivity contribution >= 4 is 99.1 Å². The quantitative estimate of drug-likeness (QED) is 0.0344. The summed E-state index contributed by atoms with van der Waals surface area (Å²) in [5.41, 5.74) is 14.1. The van der Waals surface area contributed by atoms with Crippen molar-refractivity contribution in [3.63, 3.8) is 0 Å². The first-order chi connectivity index (χ1) is 54.6. The monoisotopic (exact) mass is 1690 g/mol. The number of rotatable bonds is 25. The molecular weight excluding hydrogens is 1600 g/mol. The lowest BCUT2D eigenvalue weighted by Crippen LogP contribution is -2.30. The molecule has 0 aliphatic heterocycles. The molecule has 0 unspecified atom stereocenters. The van der Waals surface area contributed by atoms with Gasteiger partial charge in [0.2, 0.25) is 0 Å². The van der Waals surface area contributed by atoms with Gasteiger partial charge in [-0.15, -0.1) is 0 Å². The van der Waals surface area contributed by atoms with E-state index in [0.29, 0.717) is 95.0 Å². The number of methoxy groups -OCH3 is 5. The Morgan fingerprint density at radius 3 is 0.861 bits per heavy atom. The molecule has 0 spiro atoms. The van der Waals surface area contributed by atoms with Gasteiger partial charge in [-0.05, 0) is 275 Å². The lowest BCUT2D eigenvalue weighted by molar-refractivity contribution is 0.0934. The molecule has 25 heteroatoms. The second kappa shape index (κ2) is 46.5. The van der Waals surface area contributed by atoms with Crippen molar-refractivity contribution in [1.29, 1.82) is 0 Å². The Kier molecular flexibility index (Phi) is 38.3. The molecule has 0 aliphatic rings. The number of hydrogen-bond acceptors (Lipinski definition) is 10. The van der Waals surface area contributed by atoms with Crippen LogP contribution >= 0.6 is 69.6 Å². The summed E-state index contributed by atoms with van der Waals surface area (Å²) in [5, 5.41) is 16.8. The summed E-state index contributed by atoms with van der Waals surface area (Å²) in [5.74, 6) is -2.86. The minimum Gasteiger partial charge on any atom is -0.380 e. The molecule has 5 N–H and O–H groups in total. The number of carbonyl (C=O) groups excluding carboxylic acids is 5. The van der Waals surface area contributed by atoms with Gasteiger partial charge in [0.15, 0.2) is 0 Å². The van der Waals surface area contributed by atoms with Gasteiger partial charge in [0, 0.05) is 126 Å². The molecule has 0 aliphatic carbocycles. The maximum atomic E-state index is 14.2. The Bertz CT molecular complexity index is 4740. The molecule has 0 bridgehead atoms. The van der Waals surface area contributed by atoms with Gasteiger partial charge < -0.3 is 50.3 Å². The van der Waals surface area contributed by atoms with E-state index in [0.717, 1.165) is 61.7 Å². The van der Waals surface area contributed by atoms with Crippen molar-refractivity contribution in [2.45, 2.75) is 132 Å². The normalized spacial score (nSPS) is 10.9. The molecule has 0 aromatic heterocycles. The van der Waals surface area contributed by atoms with Crippen LogP contribution in [0.4, 0.5) is 17.6 Å². The van der Waals surface area contributed by atoms with Crippen molar-refractivity contribution in [2.24, 2.45) is 0 Å². The lowest BCUT2D eigenvalue weighted by atomic mass is 9.97. The van der Waals surface area contributed by atoms with Crippen LogP contribution in [0, 0.1) is 23.3 Å². The standard InChI is InChI=1S/2C18H19Cl2NO2.2C18H19ClFNO2.C18H19F2NO2/c1-11(2)21-18(22)13-4-6-15(14(8-13)10-23-3)12-5-7-16(19)17(20)9-12;1-11(2)21-18(22)12-4-5-17(14(6-12)10-23-3)13-7-15(19)9-16(20)8-13;1-11(2)21-18(22)13-4-6-15(14(8-13)10-23-3)12-5-7-17(20)16(19)9-12;2*1-11(2)21-18(22)12-4-6-15(13(8-12)10-23-3)16-7-5-14(19)9-17(16)20/h5*4-9,11H,10H2,1-3H3,(H,21,22). The van der Waals surface area contributed by atoms with Crippen molar-refractivity contribution in [3.8, 4) is 55.6 Å². The number of halogens is 10. The number of carbonyl (C=O) groups is 5. The van der Waals surface area contributed by atoms with Crippen LogP contribution < -0.4 is 26.6 Å². The zero-order chi connectivity index (χ0) is 84.9. The molecule has 115 heavy (non-hydrogen) atoms. The fraction of sp³-hybridized carbons (Fsp3) is 0.278. The molecule has 0 saturated carbocycles. The first-order valence-electron chi connectivity index (χ1n) is 36.5. The van der Waals surface area contributed by atoms with Crippen LogP contribution in [-0.4, -0.2) is 95.3 Å². The van der Waals surface area contributed by atoms with E-state index in [-0.39, 0.29) is 83.5 Å². The summed E-state index contributed by atoms with van der Waals surface area (Å²) in [4.78, 5) is 60.7. The third kappa shape index (κ3) is 29.2. The molecule has 0 heterocycles. The molecule has 0 fully saturated rings. The van der Waals surface area contributed by atoms with E-state index in [2.05, 4.69) is 26.6 Å². The van der Waals surface area contributed by atoms with Crippen molar-refractivity contribution in [1.82, 2.24) is 26.6 Å². The first kappa shape index (κ1) is 94.7. The summed E-state index contributed by atoms with van der Waals surface area (Å²) >= 11 is 35.9. The molecule has 10 rings (SSSR count). The summed E-state index contributed by atoms with van der Waals surface area (Å²) in [6.45, 7) is 20.7. The minimum atomic E-state index is -0.651. The molecule has 610 valence electrons. The SMILES string of the molecule is COCc1cc(C(=O)NC(C)C)ccc1-c1cc(Cl)cc(Cl)c1.COCc1cc(C(=O)NC(C)C)ccc1-c1ccc(Cl)c(Cl)c1.COCc1cc(C(=O)NC(C)C)ccc1-c1ccc(Cl)cc1F.COCc1cc(C(=O)NC(C)C)ccc1-c1ccc(F)c(Cl)c1.COCc1cc(C(=O)NC(C)C)ccc1-c1ccc(F)cc1F. The Morgan fingerprint density at radius 2 is 0.557 bits per heavy atom. The number of ether oxygens (including phenoxy) is 5. The highest BCUT2D eigenvalue weighted by molar-refractivity contribution is 6.42. The Hall–Kier alpha value is -9.19. The summed E-state index contributed by atoms with van der Waals surface area (Å²) < 4.78 is 80.7. The summed E-state index contributed by atoms with van der Waals surface area (Å²) in [6, 6.07) is 50.1. The van der Waals surface area contributed by atoms with E-state index in [1.807, 2.05) is 124 Å². The Labute approximate surface area is 701 Å². The molecule has 0 radical (unpaired) electrons. The average molecular weight is 1700 g/mol. The molecule has 10 aromatic carbocycles. The van der Waals surface area contributed by atoms with E-state index >= 15 is 0 Å². The van der Waals surface area contributed by atoms with Gasteiger partial charge in [-0.25, -0.2) is 17.6 Å². The van der Waals surface area contributed by atoms with Crippen molar-refractivity contribution in [3.05, 3.63) is 291 Å². The average Bonchev–Trinajstić information content (AvgIpc) is 0.834. The zero-order valence-electron chi connectivity index (χ0n) is 66.6. The van der Waals surface area contributed by atoms with Gasteiger partial charge >= 0.3 is 0 Å². The fourth-order valence-electron chi connectivity index (χ4n) is 11.6. The predicted molar refractivity (Wildman–Crippen MR) is 456 cm³/mol. The van der Waals surface area contributed by atoms with Crippen LogP contribution in [0.1, 0.15) is 149 Å². The zero-order valence-corrected chi connectivity index (χ0v) is 71.1. The molecule has 15 nitrogen and oxygen atoms in total. The van der Waals surface area contributed by atoms with E-state index in [9.17, 15) is 41.5 Å². The van der Waals surface area contributed by atoms with Crippen LogP contribution in [0.5, 0.6) is 0 Å². The third-order valence-corrected chi connectivity index (χ3v) is 18.2. The largest absolute Gasteiger partial charge is 0.380 e. The van der Waals surface area contributed by atoms with Gasteiger partial charge in [0.05, 0.1) is 48.1 Å². The third-order valence-electron chi connectivity index (χ3n) is 16.5.